The van der Waals surface area contributed by atoms with Gasteiger partial charge in [-0.25, -0.2) is 0 Å². The van der Waals surface area contributed by atoms with E-state index in [-0.39, 0.29) is 5.56 Å². The number of aryl methyl sites for hydroxylation is 1. The van der Waals surface area contributed by atoms with Crippen molar-refractivity contribution in [2.75, 3.05) is 39.5 Å². The number of ether oxygens (including phenoxy) is 2. The summed E-state index contributed by atoms with van der Waals surface area (Å²) in [4.78, 5) is 14.8. The van der Waals surface area contributed by atoms with Crippen molar-refractivity contribution in [3.8, 4) is 5.75 Å². The molecule has 3 rings (SSSR count). The fourth-order valence-electron chi connectivity index (χ4n) is 2.94. The Labute approximate surface area is 136 Å². The molecule has 1 aromatic carbocycles. The van der Waals surface area contributed by atoms with Gasteiger partial charge >= 0.3 is 0 Å². The van der Waals surface area contributed by atoms with Crippen molar-refractivity contribution in [3.05, 3.63) is 40.8 Å². The molecule has 0 amide bonds. The van der Waals surface area contributed by atoms with Gasteiger partial charge in [0, 0.05) is 37.8 Å². The number of benzene rings is 1. The van der Waals surface area contributed by atoms with Crippen LogP contribution >= 0.6 is 0 Å². The Hall–Kier alpha value is -1.85. The molecule has 0 spiro atoms. The molecule has 1 aliphatic heterocycles. The summed E-state index contributed by atoms with van der Waals surface area (Å²) in [5.74, 6) is 0.788. The first kappa shape index (κ1) is 16.0. The Bertz CT molecular complexity index is 705. The van der Waals surface area contributed by atoms with Crippen molar-refractivity contribution in [3.63, 3.8) is 0 Å². The highest BCUT2D eigenvalue weighted by atomic mass is 16.5. The lowest BCUT2D eigenvalue weighted by Gasteiger charge is -2.26. The molecule has 0 atom stereocenters. The fraction of sp³-hybridized carbons (Fsp3) is 0.500. The summed E-state index contributed by atoms with van der Waals surface area (Å²) < 4.78 is 13.1. The molecule has 1 fully saturated rings. The van der Waals surface area contributed by atoms with Crippen molar-refractivity contribution in [2.24, 2.45) is 0 Å². The molecule has 1 aromatic heterocycles. The molecule has 0 saturated carbocycles. The van der Waals surface area contributed by atoms with E-state index in [0.29, 0.717) is 6.61 Å². The quantitative estimate of drug-likeness (QED) is 0.819. The molecule has 0 radical (unpaired) electrons. The minimum atomic E-state index is 0.0583. The number of pyridine rings is 1. The maximum Gasteiger partial charge on any atom is 0.258 e. The van der Waals surface area contributed by atoms with Gasteiger partial charge in [0.05, 0.1) is 18.6 Å². The predicted molar refractivity (Wildman–Crippen MR) is 91.3 cm³/mol. The summed E-state index contributed by atoms with van der Waals surface area (Å²) in [7, 11) is 0. The normalized spacial score (nSPS) is 15.9. The molecular weight excluding hydrogens is 292 g/mol. The monoisotopic (exact) mass is 316 g/mol. The molecule has 1 aliphatic rings. The van der Waals surface area contributed by atoms with E-state index in [9.17, 15) is 4.79 Å². The van der Waals surface area contributed by atoms with Crippen molar-refractivity contribution in [1.82, 2.24) is 9.47 Å². The number of fused-ring (bicyclic) bond motifs is 1. The molecule has 124 valence electrons. The summed E-state index contributed by atoms with van der Waals surface area (Å²) in [5, 5.41) is 1.62. The van der Waals surface area contributed by atoms with Gasteiger partial charge in [0.15, 0.2) is 0 Å². The zero-order chi connectivity index (χ0) is 16.1. The van der Waals surface area contributed by atoms with Crippen molar-refractivity contribution < 1.29 is 9.47 Å². The van der Waals surface area contributed by atoms with E-state index in [0.717, 1.165) is 62.3 Å². The third-order valence-electron chi connectivity index (χ3n) is 4.21. The fourth-order valence-corrected chi connectivity index (χ4v) is 2.94. The second-order valence-corrected chi connectivity index (χ2v) is 5.83. The lowest BCUT2D eigenvalue weighted by atomic mass is 10.1. The summed E-state index contributed by atoms with van der Waals surface area (Å²) in [5.41, 5.74) is 0.0583. The van der Waals surface area contributed by atoms with Crippen LogP contribution < -0.4 is 10.3 Å². The van der Waals surface area contributed by atoms with Gasteiger partial charge in [-0.3, -0.25) is 9.69 Å². The molecule has 0 N–H and O–H groups in total. The largest absolute Gasteiger partial charge is 0.492 e. The van der Waals surface area contributed by atoms with E-state index >= 15 is 0 Å². The average molecular weight is 316 g/mol. The van der Waals surface area contributed by atoms with E-state index in [4.69, 9.17) is 9.47 Å². The van der Waals surface area contributed by atoms with E-state index in [1.807, 2.05) is 30.5 Å². The van der Waals surface area contributed by atoms with Crippen LogP contribution in [0.25, 0.3) is 10.8 Å². The topological polar surface area (TPSA) is 43.7 Å². The van der Waals surface area contributed by atoms with Crippen LogP contribution in [0.1, 0.15) is 13.3 Å². The minimum absolute atomic E-state index is 0.0583. The van der Waals surface area contributed by atoms with Gasteiger partial charge in [0.25, 0.3) is 5.56 Å². The SMILES string of the molecule is CCCn1ccc2c(OCCN3CCOCC3)cccc2c1=O. The second kappa shape index (κ2) is 7.62. The first-order valence-corrected chi connectivity index (χ1v) is 8.34. The highest BCUT2D eigenvalue weighted by Crippen LogP contribution is 2.23. The number of nitrogens with zero attached hydrogens (tertiary/aromatic N) is 2. The van der Waals surface area contributed by atoms with Crippen molar-refractivity contribution in [1.29, 1.82) is 0 Å². The molecule has 2 heterocycles. The zero-order valence-corrected chi connectivity index (χ0v) is 13.7. The maximum atomic E-state index is 12.5. The summed E-state index contributed by atoms with van der Waals surface area (Å²) in [6.45, 7) is 7.83. The van der Waals surface area contributed by atoms with Crippen LogP contribution in [0.15, 0.2) is 35.3 Å². The summed E-state index contributed by atoms with van der Waals surface area (Å²) >= 11 is 0. The molecule has 5 nitrogen and oxygen atoms in total. The number of aromatic nitrogens is 1. The summed E-state index contributed by atoms with van der Waals surface area (Å²) in [6.07, 6.45) is 2.81. The molecule has 5 heteroatoms. The number of rotatable bonds is 6. The van der Waals surface area contributed by atoms with Crippen molar-refractivity contribution >= 4 is 10.8 Å². The lowest BCUT2D eigenvalue weighted by Crippen LogP contribution is -2.38. The van der Waals surface area contributed by atoms with E-state index in [1.54, 1.807) is 4.57 Å². The first-order chi connectivity index (χ1) is 11.3. The van der Waals surface area contributed by atoms with Gasteiger partial charge in [-0.1, -0.05) is 13.0 Å². The Morgan fingerprint density at radius 2 is 1.96 bits per heavy atom. The summed E-state index contributed by atoms with van der Waals surface area (Å²) in [6, 6.07) is 7.68. The predicted octanol–water partition coefficient (Wildman–Crippen LogP) is 2.12. The van der Waals surface area contributed by atoms with Gasteiger partial charge < -0.3 is 14.0 Å². The van der Waals surface area contributed by atoms with Crippen molar-refractivity contribution in [2.45, 2.75) is 19.9 Å². The standard InChI is InChI=1S/C18H24N2O3/c1-2-7-20-8-6-15-16(18(20)21)4-3-5-17(15)23-14-11-19-9-12-22-13-10-19/h3-6,8H,2,7,9-14H2,1H3. The van der Waals surface area contributed by atoms with Gasteiger partial charge in [-0.05, 0) is 24.6 Å². The average Bonchev–Trinajstić information content (AvgIpc) is 2.59. The zero-order valence-electron chi connectivity index (χ0n) is 13.7. The maximum absolute atomic E-state index is 12.5. The smallest absolute Gasteiger partial charge is 0.258 e. The molecule has 0 bridgehead atoms. The number of hydrogen-bond acceptors (Lipinski definition) is 4. The molecular formula is C18H24N2O3. The molecule has 2 aromatic rings. The highest BCUT2D eigenvalue weighted by Gasteiger charge is 2.11. The highest BCUT2D eigenvalue weighted by molar-refractivity contribution is 5.87. The van der Waals surface area contributed by atoms with Crippen LogP contribution in [0.4, 0.5) is 0 Å². The van der Waals surface area contributed by atoms with Crippen LogP contribution in [-0.2, 0) is 11.3 Å². The van der Waals surface area contributed by atoms with Crippen LogP contribution in [0.2, 0.25) is 0 Å². The molecule has 0 aliphatic carbocycles. The third kappa shape index (κ3) is 3.74. The van der Waals surface area contributed by atoms with Gasteiger partial charge in [-0.15, -0.1) is 0 Å². The third-order valence-corrected chi connectivity index (χ3v) is 4.21. The molecule has 1 saturated heterocycles. The molecule has 0 unspecified atom stereocenters. The lowest BCUT2D eigenvalue weighted by molar-refractivity contribution is 0.0323. The van der Waals surface area contributed by atoms with Gasteiger partial charge in [0.2, 0.25) is 0 Å². The molecule has 23 heavy (non-hydrogen) atoms. The van der Waals surface area contributed by atoms with Crippen LogP contribution in [0.3, 0.4) is 0 Å². The minimum Gasteiger partial charge on any atom is -0.492 e. The van der Waals surface area contributed by atoms with E-state index in [2.05, 4.69) is 11.8 Å². The van der Waals surface area contributed by atoms with Crippen LogP contribution in [-0.4, -0.2) is 48.9 Å². The van der Waals surface area contributed by atoms with Gasteiger partial charge in [0.1, 0.15) is 12.4 Å². The van der Waals surface area contributed by atoms with E-state index < -0.39 is 0 Å². The first-order valence-electron chi connectivity index (χ1n) is 8.34. The second-order valence-electron chi connectivity index (χ2n) is 5.83. The Morgan fingerprint density at radius 3 is 2.74 bits per heavy atom. The number of hydrogen-bond donors (Lipinski definition) is 0. The van der Waals surface area contributed by atoms with Crippen LogP contribution in [0, 0.1) is 0 Å². The Balaban J connectivity index is 1.73. The Kier molecular flexibility index (Phi) is 5.31. The van der Waals surface area contributed by atoms with Crippen LogP contribution in [0.5, 0.6) is 5.75 Å². The van der Waals surface area contributed by atoms with Gasteiger partial charge in [-0.2, -0.15) is 0 Å². The Morgan fingerprint density at radius 1 is 1.13 bits per heavy atom. The number of morpholine rings is 1. The van der Waals surface area contributed by atoms with E-state index in [1.165, 1.54) is 0 Å².